The van der Waals surface area contributed by atoms with E-state index in [0.29, 0.717) is 22.1 Å². The van der Waals surface area contributed by atoms with Crippen LogP contribution in [0.3, 0.4) is 0 Å². The van der Waals surface area contributed by atoms with Crippen molar-refractivity contribution in [3.05, 3.63) is 83.7 Å². The molecule has 0 fully saturated rings. The summed E-state index contributed by atoms with van der Waals surface area (Å²) in [6, 6.07) is 13.4. The summed E-state index contributed by atoms with van der Waals surface area (Å²) < 4.78 is 19.6. The first-order chi connectivity index (χ1) is 14.5. The lowest BCUT2D eigenvalue weighted by Gasteiger charge is -2.03. The van der Waals surface area contributed by atoms with Crippen molar-refractivity contribution in [1.82, 2.24) is 19.7 Å². The molecule has 6 nitrogen and oxygen atoms in total. The van der Waals surface area contributed by atoms with Gasteiger partial charge in [0.05, 0.1) is 30.1 Å². The summed E-state index contributed by atoms with van der Waals surface area (Å²) in [6.07, 6.45) is 4.64. The van der Waals surface area contributed by atoms with Gasteiger partial charge >= 0.3 is 5.97 Å². The van der Waals surface area contributed by atoms with Gasteiger partial charge in [0.15, 0.2) is 5.69 Å². The van der Waals surface area contributed by atoms with E-state index in [1.807, 2.05) is 18.3 Å². The van der Waals surface area contributed by atoms with E-state index in [2.05, 4.69) is 19.8 Å². The minimum atomic E-state index is -0.568. The van der Waals surface area contributed by atoms with Crippen LogP contribution in [-0.2, 0) is 4.74 Å². The van der Waals surface area contributed by atoms with Crippen molar-refractivity contribution in [3.63, 3.8) is 0 Å². The van der Waals surface area contributed by atoms with Gasteiger partial charge in [-0.1, -0.05) is 23.4 Å². The highest BCUT2D eigenvalue weighted by molar-refractivity contribution is 7.99. The van der Waals surface area contributed by atoms with Crippen LogP contribution >= 0.6 is 23.4 Å². The van der Waals surface area contributed by atoms with Crippen LogP contribution in [0.2, 0.25) is 5.02 Å². The van der Waals surface area contributed by atoms with Gasteiger partial charge in [-0.05, 0) is 48.5 Å². The first kappa shape index (κ1) is 20.1. The fourth-order valence-corrected chi connectivity index (χ4v) is 3.67. The Morgan fingerprint density at radius 1 is 1.07 bits per heavy atom. The van der Waals surface area contributed by atoms with Gasteiger partial charge in [0.1, 0.15) is 17.2 Å². The van der Waals surface area contributed by atoms with Crippen LogP contribution in [0.15, 0.2) is 76.9 Å². The van der Waals surface area contributed by atoms with E-state index in [9.17, 15) is 9.18 Å². The molecule has 0 radical (unpaired) electrons. The quantitative estimate of drug-likeness (QED) is 0.404. The van der Waals surface area contributed by atoms with E-state index in [0.717, 1.165) is 9.79 Å². The molecule has 4 rings (SSSR count). The summed E-state index contributed by atoms with van der Waals surface area (Å²) in [5, 5.41) is 5.26. The molecule has 150 valence electrons. The minimum absolute atomic E-state index is 0.103. The van der Waals surface area contributed by atoms with Crippen LogP contribution in [0, 0.1) is 5.82 Å². The number of methoxy groups -OCH3 is 1. The highest BCUT2D eigenvalue weighted by Gasteiger charge is 2.17. The number of esters is 1. The Morgan fingerprint density at radius 3 is 2.43 bits per heavy atom. The Morgan fingerprint density at radius 2 is 1.80 bits per heavy atom. The van der Waals surface area contributed by atoms with Crippen molar-refractivity contribution in [2.45, 2.75) is 9.79 Å². The van der Waals surface area contributed by atoms with E-state index in [1.165, 1.54) is 43.4 Å². The van der Waals surface area contributed by atoms with E-state index >= 15 is 0 Å². The Bertz CT molecular complexity index is 1180. The number of ether oxygens (including phenoxy) is 1. The predicted octanol–water partition coefficient (Wildman–Crippen LogP) is 5.06. The average Bonchev–Trinajstić information content (AvgIpc) is 3.19. The molecule has 0 spiro atoms. The second-order valence-corrected chi connectivity index (χ2v) is 7.65. The summed E-state index contributed by atoms with van der Waals surface area (Å²) in [6.45, 7) is 0. The molecule has 0 aliphatic carbocycles. The van der Waals surface area contributed by atoms with Crippen molar-refractivity contribution in [1.29, 1.82) is 0 Å². The zero-order valence-electron chi connectivity index (χ0n) is 15.6. The molecule has 9 heteroatoms. The van der Waals surface area contributed by atoms with E-state index < -0.39 is 5.97 Å². The maximum Gasteiger partial charge on any atom is 0.358 e. The van der Waals surface area contributed by atoms with Crippen LogP contribution in [0.1, 0.15) is 10.5 Å². The molecule has 0 bridgehead atoms. The normalized spacial score (nSPS) is 10.8. The first-order valence-electron chi connectivity index (χ1n) is 8.73. The summed E-state index contributed by atoms with van der Waals surface area (Å²) in [7, 11) is 1.28. The highest BCUT2D eigenvalue weighted by Crippen LogP contribution is 2.35. The number of hydrogen-bond acceptors (Lipinski definition) is 6. The van der Waals surface area contributed by atoms with Gasteiger partial charge in [-0.2, -0.15) is 5.10 Å². The maximum atomic E-state index is 13.3. The number of carbonyl (C=O) groups is 1. The third-order valence-corrected chi connectivity index (χ3v) is 5.38. The third kappa shape index (κ3) is 4.34. The fourth-order valence-electron chi connectivity index (χ4n) is 2.63. The molecule has 2 aromatic heterocycles. The van der Waals surface area contributed by atoms with Crippen molar-refractivity contribution in [2.75, 3.05) is 7.11 Å². The SMILES string of the molecule is COC(=O)c1cnc(-c2nn(-c3ccc(F)cc3)cc2Sc2ccc(Cl)cc2)cn1. The zero-order chi connectivity index (χ0) is 21.1. The summed E-state index contributed by atoms with van der Waals surface area (Å²) in [5.74, 6) is -0.896. The smallest absolute Gasteiger partial charge is 0.358 e. The third-order valence-electron chi connectivity index (χ3n) is 4.10. The maximum absolute atomic E-state index is 13.3. The molecule has 0 atom stereocenters. The van der Waals surface area contributed by atoms with Gasteiger partial charge < -0.3 is 4.74 Å². The number of nitrogens with zero attached hydrogens (tertiary/aromatic N) is 4. The Kier molecular flexibility index (Phi) is 5.78. The van der Waals surface area contributed by atoms with Gasteiger partial charge in [0.25, 0.3) is 0 Å². The largest absolute Gasteiger partial charge is 0.464 e. The Labute approximate surface area is 180 Å². The van der Waals surface area contributed by atoms with E-state index in [1.54, 1.807) is 28.9 Å². The summed E-state index contributed by atoms with van der Waals surface area (Å²) in [4.78, 5) is 21.8. The molecular weight excluding hydrogens is 427 g/mol. The second-order valence-electron chi connectivity index (χ2n) is 6.10. The van der Waals surface area contributed by atoms with Crippen molar-refractivity contribution < 1.29 is 13.9 Å². The standard InChI is InChI=1S/C21H14ClFN4O2S/c1-29-21(28)18-11-24-17(10-25-18)20-19(30-16-8-2-13(22)3-9-16)12-27(26-20)15-6-4-14(23)5-7-15/h2-12H,1H3. The number of carbonyl (C=O) groups excluding carboxylic acids is 1. The van der Waals surface area contributed by atoms with Gasteiger partial charge in [0, 0.05) is 16.1 Å². The molecule has 0 amide bonds. The molecule has 0 saturated heterocycles. The van der Waals surface area contributed by atoms with Gasteiger partial charge in [-0.25, -0.2) is 18.9 Å². The van der Waals surface area contributed by atoms with Crippen LogP contribution < -0.4 is 0 Å². The topological polar surface area (TPSA) is 69.9 Å². The number of rotatable bonds is 5. The average molecular weight is 441 g/mol. The Hall–Kier alpha value is -3.23. The summed E-state index contributed by atoms with van der Waals surface area (Å²) in [5.41, 5.74) is 1.86. The lowest BCUT2D eigenvalue weighted by atomic mass is 10.3. The molecule has 0 aliphatic heterocycles. The molecule has 4 aromatic rings. The molecular formula is C21H14ClFN4O2S. The van der Waals surface area contributed by atoms with Crippen LogP contribution in [-0.4, -0.2) is 32.8 Å². The molecule has 0 N–H and O–H groups in total. The molecule has 30 heavy (non-hydrogen) atoms. The lowest BCUT2D eigenvalue weighted by molar-refractivity contribution is 0.0593. The highest BCUT2D eigenvalue weighted by atomic mass is 35.5. The van der Waals surface area contributed by atoms with Crippen LogP contribution in [0.5, 0.6) is 0 Å². The lowest BCUT2D eigenvalue weighted by Crippen LogP contribution is -2.05. The zero-order valence-corrected chi connectivity index (χ0v) is 17.2. The van der Waals surface area contributed by atoms with E-state index in [-0.39, 0.29) is 11.5 Å². The first-order valence-corrected chi connectivity index (χ1v) is 9.92. The van der Waals surface area contributed by atoms with Crippen molar-refractivity contribution >= 4 is 29.3 Å². The van der Waals surface area contributed by atoms with Gasteiger partial charge in [0.2, 0.25) is 0 Å². The number of benzene rings is 2. The molecule has 0 aliphatic rings. The van der Waals surface area contributed by atoms with Crippen LogP contribution in [0.4, 0.5) is 4.39 Å². The second kappa shape index (κ2) is 8.64. The molecule has 0 unspecified atom stereocenters. The summed E-state index contributed by atoms with van der Waals surface area (Å²) >= 11 is 7.45. The predicted molar refractivity (Wildman–Crippen MR) is 111 cm³/mol. The van der Waals surface area contributed by atoms with Crippen molar-refractivity contribution in [2.24, 2.45) is 0 Å². The number of halogens is 2. The minimum Gasteiger partial charge on any atom is -0.464 e. The van der Waals surface area contributed by atoms with E-state index in [4.69, 9.17) is 11.6 Å². The van der Waals surface area contributed by atoms with Crippen LogP contribution in [0.25, 0.3) is 17.1 Å². The molecule has 2 aromatic carbocycles. The number of aromatic nitrogens is 4. The number of hydrogen-bond donors (Lipinski definition) is 0. The Balaban J connectivity index is 1.75. The monoisotopic (exact) mass is 440 g/mol. The van der Waals surface area contributed by atoms with Gasteiger partial charge in [-0.15, -0.1) is 0 Å². The fraction of sp³-hybridized carbons (Fsp3) is 0.0476. The van der Waals surface area contributed by atoms with Gasteiger partial charge in [-0.3, -0.25) is 4.98 Å². The molecule has 2 heterocycles. The van der Waals surface area contributed by atoms with Crippen molar-refractivity contribution in [3.8, 4) is 17.1 Å². The molecule has 0 saturated carbocycles.